The minimum atomic E-state index is -1.14. The molecule has 0 fully saturated rings. The second-order valence-electron chi connectivity index (χ2n) is 4.75. The van der Waals surface area contributed by atoms with Crippen molar-refractivity contribution in [2.24, 2.45) is 0 Å². The van der Waals surface area contributed by atoms with Gasteiger partial charge in [-0.15, -0.1) is 0 Å². The molecule has 0 saturated heterocycles. The molecule has 1 aromatic heterocycles. The average Bonchev–Trinajstić information content (AvgIpc) is 2.26. The molecule has 17 heavy (non-hydrogen) atoms. The zero-order valence-electron chi connectivity index (χ0n) is 10.4. The van der Waals surface area contributed by atoms with Gasteiger partial charge in [-0.05, 0) is 32.9 Å². The number of hydrogen-bond acceptors (Lipinski definition) is 3. The van der Waals surface area contributed by atoms with E-state index in [1.807, 2.05) is 20.8 Å². The maximum absolute atomic E-state index is 12.0. The van der Waals surface area contributed by atoms with E-state index in [-0.39, 0.29) is 22.8 Å². The molecule has 0 aliphatic carbocycles. The number of amides is 1. The van der Waals surface area contributed by atoms with Crippen LogP contribution in [0.1, 0.15) is 41.7 Å². The summed E-state index contributed by atoms with van der Waals surface area (Å²) >= 11 is 0. The van der Waals surface area contributed by atoms with Crippen LogP contribution in [-0.4, -0.2) is 39.5 Å². The Morgan fingerprint density at radius 3 is 2.24 bits per heavy atom. The van der Waals surface area contributed by atoms with Crippen molar-refractivity contribution >= 4 is 11.9 Å². The smallest absolute Gasteiger partial charge is 0.354 e. The summed E-state index contributed by atoms with van der Waals surface area (Å²) in [4.78, 5) is 28.1. The number of nitrogens with zero attached hydrogens (tertiary/aromatic N) is 2. The van der Waals surface area contributed by atoms with Crippen molar-refractivity contribution in [2.75, 3.05) is 7.05 Å². The summed E-state index contributed by atoms with van der Waals surface area (Å²) < 4.78 is 0. The van der Waals surface area contributed by atoms with E-state index >= 15 is 0 Å². The summed E-state index contributed by atoms with van der Waals surface area (Å²) in [6.45, 7) is 5.68. The first kappa shape index (κ1) is 13.2. The Labute approximate surface area is 100 Å². The summed E-state index contributed by atoms with van der Waals surface area (Å²) in [5.41, 5.74) is -0.321. The molecule has 5 nitrogen and oxygen atoms in total. The largest absolute Gasteiger partial charge is 0.477 e. The van der Waals surface area contributed by atoms with Crippen LogP contribution >= 0.6 is 0 Å². The van der Waals surface area contributed by atoms with E-state index in [0.29, 0.717) is 0 Å². The van der Waals surface area contributed by atoms with Crippen molar-refractivity contribution in [1.29, 1.82) is 0 Å². The van der Waals surface area contributed by atoms with E-state index in [4.69, 9.17) is 5.11 Å². The van der Waals surface area contributed by atoms with Crippen LogP contribution in [0.25, 0.3) is 0 Å². The molecule has 0 aliphatic rings. The van der Waals surface area contributed by atoms with E-state index in [0.717, 1.165) is 0 Å². The van der Waals surface area contributed by atoms with Crippen LogP contribution < -0.4 is 0 Å². The Balaban J connectivity index is 3.05. The highest BCUT2D eigenvalue weighted by molar-refractivity contribution is 5.94. The van der Waals surface area contributed by atoms with Gasteiger partial charge in [0.15, 0.2) is 0 Å². The maximum atomic E-state index is 12.0. The fourth-order valence-corrected chi connectivity index (χ4v) is 1.15. The third kappa shape index (κ3) is 3.03. The lowest BCUT2D eigenvalue weighted by Crippen LogP contribution is -2.42. The summed E-state index contributed by atoms with van der Waals surface area (Å²) in [7, 11) is 1.66. The van der Waals surface area contributed by atoms with Crippen LogP contribution in [0.4, 0.5) is 0 Å². The number of aromatic nitrogens is 1. The Morgan fingerprint density at radius 2 is 1.76 bits per heavy atom. The first-order chi connectivity index (χ1) is 7.73. The van der Waals surface area contributed by atoms with E-state index < -0.39 is 5.97 Å². The van der Waals surface area contributed by atoms with Crippen LogP contribution in [-0.2, 0) is 0 Å². The fraction of sp³-hybridized carbons (Fsp3) is 0.417. The third-order valence-corrected chi connectivity index (χ3v) is 2.50. The van der Waals surface area contributed by atoms with Crippen molar-refractivity contribution in [1.82, 2.24) is 9.88 Å². The minimum Gasteiger partial charge on any atom is -0.477 e. The van der Waals surface area contributed by atoms with E-state index in [9.17, 15) is 9.59 Å². The summed E-state index contributed by atoms with van der Waals surface area (Å²) in [5.74, 6) is -1.43. The number of pyridine rings is 1. The third-order valence-electron chi connectivity index (χ3n) is 2.50. The van der Waals surface area contributed by atoms with Crippen molar-refractivity contribution in [3.8, 4) is 0 Å². The lowest BCUT2D eigenvalue weighted by molar-refractivity contribution is 0.0649. The standard InChI is InChI=1S/C12H16N2O3/c1-12(2,3)14(4)10(15)8-6-5-7-9(13-8)11(16)17/h5-7H,1-4H3,(H,16,17). The predicted molar refractivity (Wildman–Crippen MR) is 63.0 cm³/mol. The van der Waals surface area contributed by atoms with Crippen LogP contribution in [0.2, 0.25) is 0 Å². The van der Waals surface area contributed by atoms with Gasteiger partial charge in [-0.25, -0.2) is 9.78 Å². The molecular formula is C12H16N2O3. The first-order valence-electron chi connectivity index (χ1n) is 5.22. The van der Waals surface area contributed by atoms with Crippen LogP contribution in [0, 0.1) is 0 Å². The number of aromatic carboxylic acids is 1. The summed E-state index contributed by atoms with van der Waals surface area (Å²) in [5, 5.41) is 8.80. The predicted octanol–water partition coefficient (Wildman–Crippen LogP) is 1.65. The molecule has 0 spiro atoms. The Kier molecular flexibility index (Phi) is 3.50. The number of carboxylic acids is 1. The zero-order chi connectivity index (χ0) is 13.2. The number of carbonyl (C=O) groups is 2. The van der Waals surface area contributed by atoms with Crippen LogP contribution in [0.5, 0.6) is 0 Å². The number of rotatable bonds is 2. The van der Waals surface area contributed by atoms with Crippen LogP contribution in [0.3, 0.4) is 0 Å². The van der Waals surface area contributed by atoms with Gasteiger partial charge in [0.25, 0.3) is 5.91 Å². The van der Waals surface area contributed by atoms with Gasteiger partial charge in [-0.3, -0.25) is 4.79 Å². The fourth-order valence-electron chi connectivity index (χ4n) is 1.15. The van der Waals surface area contributed by atoms with Crippen LogP contribution in [0.15, 0.2) is 18.2 Å². The van der Waals surface area contributed by atoms with Gasteiger partial charge in [-0.1, -0.05) is 6.07 Å². The molecule has 0 saturated carbocycles. The normalized spacial score (nSPS) is 11.1. The Morgan fingerprint density at radius 1 is 1.24 bits per heavy atom. The molecular weight excluding hydrogens is 220 g/mol. The van der Waals surface area contributed by atoms with Gasteiger partial charge in [0.2, 0.25) is 0 Å². The minimum absolute atomic E-state index is 0.127. The maximum Gasteiger partial charge on any atom is 0.354 e. The molecule has 0 unspecified atom stereocenters. The summed E-state index contributed by atoms with van der Waals surface area (Å²) in [6, 6.07) is 4.38. The number of carbonyl (C=O) groups excluding carboxylic acids is 1. The highest BCUT2D eigenvalue weighted by Gasteiger charge is 2.24. The van der Waals surface area contributed by atoms with Crippen molar-refractivity contribution in [3.63, 3.8) is 0 Å². The zero-order valence-corrected chi connectivity index (χ0v) is 10.4. The Bertz CT molecular complexity index is 449. The van der Waals surface area contributed by atoms with Crippen molar-refractivity contribution in [2.45, 2.75) is 26.3 Å². The van der Waals surface area contributed by atoms with Crippen molar-refractivity contribution in [3.05, 3.63) is 29.6 Å². The highest BCUT2D eigenvalue weighted by atomic mass is 16.4. The lowest BCUT2D eigenvalue weighted by atomic mass is 10.1. The number of hydrogen-bond donors (Lipinski definition) is 1. The molecule has 1 N–H and O–H groups in total. The first-order valence-corrected chi connectivity index (χ1v) is 5.22. The molecule has 0 atom stereocenters. The molecule has 1 amide bonds. The molecule has 0 bridgehead atoms. The van der Waals surface area contributed by atoms with Gasteiger partial charge in [0, 0.05) is 12.6 Å². The molecule has 1 rings (SSSR count). The second-order valence-corrected chi connectivity index (χ2v) is 4.75. The highest BCUT2D eigenvalue weighted by Crippen LogP contribution is 2.14. The molecule has 92 valence electrons. The molecule has 0 aliphatic heterocycles. The Hall–Kier alpha value is -1.91. The molecule has 1 aromatic rings. The van der Waals surface area contributed by atoms with Gasteiger partial charge >= 0.3 is 5.97 Å². The molecule has 0 aromatic carbocycles. The van der Waals surface area contributed by atoms with Gasteiger partial charge in [0.1, 0.15) is 11.4 Å². The number of carboxylic acid groups (broad SMARTS) is 1. The second kappa shape index (κ2) is 4.53. The van der Waals surface area contributed by atoms with E-state index in [1.165, 1.54) is 23.1 Å². The van der Waals surface area contributed by atoms with Gasteiger partial charge in [-0.2, -0.15) is 0 Å². The quantitative estimate of drug-likeness (QED) is 0.847. The van der Waals surface area contributed by atoms with E-state index in [1.54, 1.807) is 7.05 Å². The SMILES string of the molecule is CN(C(=O)c1cccc(C(=O)O)n1)C(C)(C)C. The lowest BCUT2D eigenvalue weighted by Gasteiger charge is -2.31. The topological polar surface area (TPSA) is 70.5 Å². The van der Waals surface area contributed by atoms with E-state index in [2.05, 4.69) is 4.98 Å². The molecule has 0 radical (unpaired) electrons. The molecule has 1 heterocycles. The monoisotopic (exact) mass is 236 g/mol. The summed E-state index contributed by atoms with van der Waals surface area (Å²) in [6.07, 6.45) is 0. The van der Waals surface area contributed by atoms with Gasteiger partial charge < -0.3 is 10.0 Å². The van der Waals surface area contributed by atoms with Crippen molar-refractivity contribution < 1.29 is 14.7 Å². The molecule has 5 heteroatoms. The average molecular weight is 236 g/mol. The van der Waals surface area contributed by atoms with Gasteiger partial charge in [0.05, 0.1) is 0 Å².